The fourth-order valence-corrected chi connectivity index (χ4v) is 3.93. The number of quaternary nitrogens is 1. The molecule has 0 bridgehead atoms. The van der Waals surface area contributed by atoms with E-state index in [1.807, 2.05) is 0 Å². The Morgan fingerprint density at radius 2 is 1.23 bits per heavy atom. The number of carbonyl (C=O) groups is 3. The largest absolute Gasteiger partial charge is 0.550 e. The lowest BCUT2D eigenvalue weighted by atomic mass is 10.0. The van der Waals surface area contributed by atoms with E-state index in [-0.39, 0.29) is 24.1 Å². The number of aliphatic carboxylic acids is 3. The number of hydrogen-bond donors (Lipinski definition) is 2. The minimum absolute atomic E-state index is 0.163. The molecule has 3 atom stereocenters. The molecule has 7 heteroatoms. The number of rotatable bonds is 18. The molecule has 0 radical (unpaired) electrons. The van der Waals surface area contributed by atoms with Crippen molar-refractivity contribution in [2.45, 2.75) is 72.6 Å². The van der Waals surface area contributed by atoms with Crippen LogP contribution in [0.15, 0.2) is 12.2 Å². The van der Waals surface area contributed by atoms with E-state index >= 15 is 0 Å². The highest BCUT2D eigenvalue weighted by atomic mass is 16.4. The molecule has 0 aliphatic heterocycles. The molecule has 0 rings (SSSR count). The van der Waals surface area contributed by atoms with Crippen LogP contribution in [-0.4, -0.2) is 58.8 Å². The van der Waals surface area contributed by atoms with Crippen LogP contribution in [0.4, 0.5) is 0 Å². The molecule has 0 fully saturated rings. The standard InChI is InChI=1S/C23H41NO6/c1-5-6-7-8-9-10-11-12-13-14-24(15-18(2)21(25)26,16-19(3)22(27)28)17-20(4)23(29)30/h9-10,18-20H,5-8,11-17H2,1-4H3,(H2-,25,26,27,28,29,30)/b10-9+. The molecule has 0 saturated carbocycles. The average Bonchev–Trinajstić information content (AvgIpc) is 2.66. The molecule has 2 N–H and O–H groups in total. The van der Waals surface area contributed by atoms with Crippen molar-refractivity contribution >= 4 is 17.9 Å². The zero-order valence-corrected chi connectivity index (χ0v) is 19.1. The van der Waals surface area contributed by atoms with Gasteiger partial charge < -0.3 is 24.6 Å². The normalized spacial score (nSPS) is 16.7. The van der Waals surface area contributed by atoms with Gasteiger partial charge in [-0.1, -0.05) is 38.8 Å². The molecule has 174 valence electrons. The van der Waals surface area contributed by atoms with Crippen molar-refractivity contribution in [2.24, 2.45) is 17.8 Å². The number of unbranched alkanes of at least 4 members (excludes halogenated alkanes) is 5. The average molecular weight is 428 g/mol. The lowest BCUT2D eigenvalue weighted by molar-refractivity contribution is -0.934. The predicted molar refractivity (Wildman–Crippen MR) is 115 cm³/mol. The fraction of sp³-hybridized carbons (Fsp3) is 0.783. The first-order valence-corrected chi connectivity index (χ1v) is 11.2. The molecule has 0 aromatic heterocycles. The van der Waals surface area contributed by atoms with Gasteiger partial charge in [0.1, 0.15) is 11.8 Å². The van der Waals surface area contributed by atoms with E-state index in [1.165, 1.54) is 26.2 Å². The van der Waals surface area contributed by atoms with E-state index in [2.05, 4.69) is 19.1 Å². The first kappa shape index (κ1) is 28.1. The fourth-order valence-electron chi connectivity index (χ4n) is 3.93. The second kappa shape index (κ2) is 15.0. The summed E-state index contributed by atoms with van der Waals surface area (Å²) < 4.78 is 0.163. The predicted octanol–water partition coefficient (Wildman–Crippen LogP) is 2.94. The van der Waals surface area contributed by atoms with Crippen LogP contribution in [0.5, 0.6) is 0 Å². The molecule has 0 heterocycles. The molecule has 0 saturated heterocycles. The number of carboxylic acid groups (broad SMARTS) is 3. The number of carboxylic acids is 3. The van der Waals surface area contributed by atoms with Gasteiger partial charge in [0, 0.05) is 11.9 Å². The first-order chi connectivity index (χ1) is 14.0. The van der Waals surface area contributed by atoms with E-state index in [1.54, 1.807) is 13.8 Å². The minimum atomic E-state index is -1.20. The molecule has 0 spiro atoms. The third kappa shape index (κ3) is 12.0. The maximum atomic E-state index is 11.5. The monoisotopic (exact) mass is 427 g/mol. The quantitative estimate of drug-likeness (QED) is 0.197. The highest BCUT2D eigenvalue weighted by Gasteiger charge is 2.36. The van der Waals surface area contributed by atoms with Gasteiger partial charge in [-0.15, -0.1) is 0 Å². The summed E-state index contributed by atoms with van der Waals surface area (Å²) in [5, 5.41) is 30.2. The van der Waals surface area contributed by atoms with Gasteiger partial charge in [0.05, 0.1) is 26.2 Å². The Hall–Kier alpha value is -1.89. The third-order valence-electron chi connectivity index (χ3n) is 5.62. The van der Waals surface area contributed by atoms with E-state index < -0.39 is 35.7 Å². The Morgan fingerprint density at radius 3 is 1.63 bits per heavy atom. The Bertz CT molecular complexity index is 505. The van der Waals surface area contributed by atoms with E-state index in [9.17, 15) is 29.7 Å². The summed E-state index contributed by atoms with van der Waals surface area (Å²) in [6.45, 7) is 8.02. The summed E-state index contributed by atoms with van der Waals surface area (Å²) in [5.74, 6) is -5.30. The minimum Gasteiger partial charge on any atom is -0.550 e. The highest BCUT2D eigenvalue weighted by molar-refractivity contribution is 5.70. The summed E-state index contributed by atoms with van der Waals surface area (Å²) >= 11 is 0. The van der Waals surface area contributed by atoms with Crippen molar-refractivity contribution in [1.82, 2.24) is 0 Å². The van der Waals surface area contributed by atoms with Crippen molar-refractivity contribution in [1.29, 1.82) is 0 Å². The van der Waals surface area contributed by atoms with Crippen LogP contribution in [-0.2, 0) is 14.4 Å². The van der Waals surface area contributed by atoms with Crippen LogP contribution in [0.3, 0.4) is 0 Å². The molecule has 7 nitrogen and oxygen atoms in total. The van der Waals surface area contributed by atoms with Gasteiger partial charge in [0.2, 0.25) is 0 Å². The molecular formula is C23H41NO6. The SMILES string of the molecule is CCCCC/C=C/CCCC[N+](CC(C)C(=O)[O-])(CC(C)C(=O)O)CC(C)C(=O)O. The van der Waals surface area contributed by atoms with E-state index in [0.717, 1.165) is 25.7 Å². The van der Waals surface area contributed by atoms with Crippen LogP contribution < -0.4 is 5.11 Å². The Kier molecular flexibility index (Phi) is 14.0. The summed E-state index contributed by atoms with van der Waals surface area (Å²) in [5.41, 5.74) is 0. The molecule has 30 heavy (non-hydrogen) atoms. The topological polar surface area (TPSA) is 115 Å². The summed E-state index contributed by atoms with van der Waals surface area (Å²) in [6, 6.07) is 0. The number of hydrogen-bond acceptors (Lipinski definition) is 4. The molecule has 0 aliphatic carbocycles. The lowest BCUT2D eigenvalue weighted by Crippen LogP contribution is -2.58. The number of carbonyl (C=O) groups excluding carboxylic acids is 1. The van der Waals surface area contributed by atoms with Crippen molar-refractivity contribution in [3.63, 3.8) is 0 Å². The van der Waals surface area contributed by atoms with Gasteiger partial charge in [0.15, 0.2) is 0 Å². The molecule has 0 amide bonds. The van der Waals surface area contributed by atoms with Crippen molar-refractivity contribution in [2.75, 3.05) is 26.2 Å². The van der Waals surface area contributed by atoms with E-state index in [0.29, 0.717) is 6.54 Å². The number of nitrogens with zero attached hydrogens (tertiary/aromatic N) is 1. The van der Waals surface area contributed by atoms with Gasteiger partial charge in [-0.05, 0) is 46.0 Å². The summed E-state index contributed by atoms with van der Waals surface area (Å²) in [4.78, 5) is 34.3. The van der Waals surface area contributed by atoms with E-state index in [4.69, 9.17) is 0 Å². The molecule has 0 aromatic rings. The molecule has 3 unspecified atom stereocenters. The maximum absolute atomic E-state index is 11.5. The molecule has 0 aromatic carbocycles. The Labute approximate surface area is 181 Å². The Balaban J connectivity index is 5.20. The molecule has 0 aliphatic rings. The highest BCUT2D eigenvalue weighted by Crippen LogP contribution is 2.21. The third-order valence-corrected chi connectivity index (χ3v) is 5.62. The van der Waals surface area contributed by atoms with Crippen LogP contribution in [0, 0.1) is 17.8 Å². The first-order valence-electron chi connectivity index (χ1n) is 11.2. The van der Waals surface area contributed by atoms with Crippen LogP contribution >= 0.6 is 0 Å². The van der Waals surface area contributed by atoms with Crippen LogP contribution in [0.1, 0.15) is 72.6 Å². The van der Waals surface area contributed by atoms with Gasteiger partial charge in [0.25, 0.3) is 0 Å². The second-order valence-corrected chi connectivity index (χ2v) is 8.77. The van der Waals surface area contributed by atoms with Gasteiger partial charge in [-0.25, -0.2) is 0 Å². The summed E-state index contributed by atoms with van der Waals surface area (Å²) in [6.07, 6.45) is 11.6. The second-order valence-electron chi connectivity index (χ2n) is 8.77. The molecular weight excluding hydrogens is 386 g/mol. The maximum Gasteiger partial charge on any atom is 0.311 e. The number of allylic oxidation sites excluding steroid dienone is 2. The van der Waals surface area contributed by atoms with Crippen molar-refractivity contribution < 1.29 is 34.2 Å². The zero-order chi connectivity index (χ0) is 23.2. The van der Waals surface area contributed by atoms with Gasteiger partial charge >= 0.3 is 11.9 Å². The summed E-state index contributed by atoms with van der Waals surface area (Å²) in [7, 11) is 0. The smallest absolute Gasteiger partial charge is 0.311 e. The lowest BCUT2D eigenvalue weighted by Gasteiger charge is -2.43. The van der Waals surface area contributed by atoms with Gasteiger partial charge in [-0.3, -0.25) is 9.59 Å². The zero-order valence-electron chi connectivity index (χ0n) is 19.1. The Morgan fingerprint density at radius 1 is 0.800 bits per heavy atom. The van der Waals surface area contributed by atoms with Crippen molar-refractivity contribution in [3.8, 4) is 0 Å². The van der Waals surface area contributed by atoms with Crippen molar-refractivity contribution in [3.05, 3.63) is 12.2 Å². The van der Waals surface area contributed by atoms with Crippen LogP contribution in [0.25, 0.3) is 0 Å². The van der Waals surface area contributed by atoms with Crippen LogP contribution in [0.2, 0.25) is 0 Å². The van der Waals surface area contributed by atoms with Gasteiger partial charge in [-0.2, -0.15) is 0 Å².